The van der Waals surface area contributed by atoms with E-state index in [1.165, 1.54) is 12.0 Å². The Morgan fingerprint density at radius 2 is 1.84 bits per heavy atom. The Kier molecular flexibility index (Phi) is 7.97. The number of methoxy groups -OCH3 is 1. The zero-order valence-corrected chi connectivity index (χ0v) is 19.9. The summed E-state index contributed by atoms with van der Waals surface area (Å²) in [4.78, 5) is 38.1. The second kappa shape index (κ2) is 10.7. The van der Waals surface area contributed by atoms with E-state index in [0.29, 0.717) is 28.6 Å². The maximum Gasteiger partial charge on any atom is 0.343 e. The highest BCUT2D eigenvalue weighted by Crippen LogP contribution is 2.35. The van der Waals surface area contributed by atoms with Crippen LogP contribution in [0.3, 0.4) is 0 Å². The predicted molar refractivity (Wildman–Crippen MR) is 126 cm³/mol. The molecule has 0 aliphatic carbocycles. The molecule has 0 aromatic heterocycles. The first kappa shape index (κ1) is 23.1. The van der Waals surface area contributed by atoms with Crippen molar-refractivity contribution in [3.05, 3.63) is 62.1 Å². The minimum atomic E-state index is -0.506. The molecule has 1 heterocycles. The molecule has 1 aliphatic rings. The van der Waals surface area contributed by atoms with Gasteiger partial charge >= 0.3 is 5.97 Å². The Balaban J connectivity index is 1.77. The van der Waals surface area contributed by atoms with Gasteiger partial charge in [0.15, 0.2) is 18.1 Å². The van der Waals surface area contributed by atoms with E-state index >= 15 is 0 Å². The van der Waals surface area contributed by atoms with Gasteiger partial charge < -0.3 is 14.2 Å². The molecule has 7 nitrogen and oxygen atoms in total. The second-order valence-corrected chi connectivity index (χ2v) is 8.64. The van der Waals surface area contributed by atoms with Gasteiger partial charge in [-0.2, -0.15) is 0 Å². The highest BCUT2D eigenvalue weighted by molar-refractivity contribution is 14.1. The van der Waals surface area contributed by atoms with Crippen LogP contribution in [0, 0.1) is 3.57 Å². The zero-order chi connectivity index (χ0) is 22.4. The molecule has 0 bridgehead atoms. The average molecular weight is 553 g/mol. The first-order valence-corrected chi connectivity index (χ1v) is 11.3. The van der Waals surface area contributed by atoms with Crippen molar-refractivity contribution in [1.29, 1.82) is 0 Å². The lowest BCUT2D eigenvalue weighted by atomic mass is 10.1. The molecule has 2 aromatic rings. The van der Waals surface area contributed by atoms with Crippen LogP contribution in [-0.2, 0) is 20.9 Å². The topological polar surface area (TPSA) is 82.1 Å². The smallest absolute Gasteiger partial charge is 0.343 e. The van der Waals surface area contributed by atoms with E-state index in [2.05, 4.69) is 27.3 Å². The number of amides is 2. The molecule has 31 heavy (non-hydrogen) atoms. The van der Waals surface area contributed by atoms with E-state index in [1.54, 1.807) is 24.3 Å². The number of halogens is 1. The molecule has 1 saturated heterocycles. The van der Waals surface area contributed by atoms with Gasteiger partial charge in [0.1, 0.15) is 0 Å². The summed E-state index contributed by atoms with van der Waals surface area (Å²) in [7, 11) is 1.28. The number of carbonyl (C=O) groups is 3. The number of carbonyl (C=O) groups excluding carboxylic acids is 3. The molecule has 0 saturated carbocycles. The molecule has 2 aromatic carbocycles. The Morgan fingerprint density at radius 3 is 2.52 bits per heavy atom. The standard InChI is InChI=1S/C22H20INO6S/c1-3-29-18-10-15(6-9-17(18)30-13-20(25)28-2)11-19-21(26)24(22(27)31-19)12-14-4-7-16(23)8-5-14/h4-11H,3,12-13H2,1-2H3/b19-11+. The molecule has 0 atom stereocenters. The Labute approximate surface area is 197 Å². The number of thioether (sulfide) groups is 1. The van der Waals surface area contributed by atoms with Gasteiger partial charge in [-0.15, -0.1) is 0 Å². The van der Waals surface area contributed by atoms with Crippen molar-refractivity contribution in [2.24, 2.45) is 0 Å². The number of esters is 1. The molecule has 0 N–H and O–H groups in total. The van der Waals surface area contributed by atoms with Gasteiger partial charge in [0, 0.05) is 3.57 Å². The summed E-state index contributed by atoms with van der Waals surface area (Å²) in [5.74, 6) is -0.0275. The molecule has 0 unspecified atom stereocenters. The van der Waals surface area contributed by atoms with Crippen LogP contribution in [0.4, 0.5) is 4.79 Å². The second-order valence-electron chi connectivity index (χ2n) is 6.40. The van der Waals surface area contributed by atoms with Gasteiger partial charge in [0.25, 0.3) is 11.1 Å². The van der Waals surface area contributed by atoms with Gasteiger partial charge in [0.2, 0.25) is 0 Å². The number of nitrogens with zero attached hydrogens (tertiary/aromatic N) is 1. The van der Waals surface area contributed by atoms with Gasteiger partial charge in [-0.05, 0) is 82.7 Å². The Bertz CT molecular complexity index is 1020. The lowest BCUT2D eigenvalue weighted by molar-refractivity contribution is -0.142. The number of ether oxygens (including phenoxy) is 3. The normalized spacial score (nSPS) is 14.8. The summed E-state index contributed by atoms with van der Waals surface area (Å²) in [5.41, 5.74) is 1.56. The Morgan fingerprint density at radius 1 is 1.10 bits per heavy atom. The number of benzene rings is 2. The number of rotatable bonds is 8. The van der Waals surface area contributed by atoms with Crippen LogP contribution < -0.4 is 9.47 Å². The fourth-order valence-electron chi connectivity index (χ4n) is 2.76. The minimum Gasteiger partial charge on any atom is -0.490 e. The van der Waals surface area contributed by atoms with Crippen molar-refractivity contribution in [3.63, 3.8) is 0 Å². The van der Waals surface area contributed by atoms with Gasteiger partial charge in [-0.3, -0.25) is 14.5 Å². The fourth-order valence-corrected chi connectivity index (χ4v) is 3.96. The van der Waals surface area contributed by atoms with Crippen LogP contribution in [0.5, 0.6) is 11.5 Å². The summed E-state index contributed by atoms with van der Waals surface area (Å²) >= 11 is 3.11. The van der Waals surface area contributed by atoms with Crippen molar-refractivity contribution in [3.8, 4) is 11.5 Å². The SMILES string of the molecule is CCOc1cc(/C=C2/SC(=O)N(Cc3ccc(I)cc3)C2=O)ccc1OCC(=O)OC. The fraction of sp³-hybridized carbons (Fsp3) is 0.227. The van der Waals surface area contributed by atoms with E-state index < -0.39 is 5.97 Å². The summed E-state index contributed by atoms with van der Waals surface area (Å²) in [6.07, 6.45) is 1.64. The van der Waals surface area contributed by atoms with Gasteiger partial charge in [-0.1, -0.05) is 18.2 Å². The van der Waals surface area contributed by atoms with Crippen LogP contribution >= 0.6 is 34.4 Å². The van der Waals surface area contributed by atoms with E-state index in [1.807, 2.05) is 31.2 Å². The lowest BCUT2D eigenvalue weighted by Gasteiger charge is -2.13. The molecule has 162 valence electrons. The molecule has 0 spiro atoms. The quantitative estimate of drug-likeness (QED) is 0.271. The highest BCUT2D eigenvalue weighted by Gasteiger charge is 2.35. The van der Waals surface area contributed by atoms with Gasteiger partial charge in [0.05, 0.1) is 25.2 Å². The van der Waals surface area contributed by atoms with Crippen LogP contribution in [0.2, 0.25) is 0 Å². The van der Waals surface area contributed by atoms with E-state index in [9.17, 15) is 14.4 Å². The van der Waals surface area contributed by atoms with Crippen LogP contribution in [0.25, 0.3) is 6.08 Å². The third-order valence-electron chi connectivity index (χ3n) is 4.27. The molecule has 1 aliphatic heterocycles. The maximum atomic E-state index is 12.8. The molecule has 2 amide bonds. The number of hydrogen-bond acceptors (Lipinski definition) is 7. The van der Waals surface area contributed by atoms with Gasteiger partial charge in [-0.25, -0.2) is 4.79 Å². The Hall–Kier alpha value is -2.53. The molecule has 0 radical (unpaired) electrons. The third kappa shape index (κ3) is 6.01. The molecule has 9 heteroatoms. The van der Waals surface area contributed by atoms with E-state index in [4.69, 9.17) is 9.47 Å². The van der Waals surface area contributed by atoms with Crippen molar-refractivity contribution in [1.82, 2.24) is 4.90 Å². The molecule has 3 rings (SSSR count). The first-order chi connectivity index (χ1) is 14.9. The minimum absolute atomic E-state index is 0.226. The highest BCUT2D eigenvalue weighted by atomic mass is 127. The summed E-state index contributed by atoms with van der Waals surface area (Å²) in [6.45, 7) is 2.20. The molecule has 1 fully saturated rings. The number of hydrogen-bond donors (Lipinski definition) is 0. The molecular weight excluding hydrogens is 533 g/mol. The van der Waals surface area contributed by atoms with Crippen LogP contribution in [-0.4, -0.2) is 42.3 Å². The van der Waals surface area contributed by atoms with Crippen LogP contribution in [0.1, 0.15) is 18.1 Å². The van der Waals surface area contributed by atoms with Crippen molar-refractivity contribution < 1.29 is 28.6 Å². The third-order valence-corrected chi connectivity index (χ3v) is 5.89. The van der Waals surface area contributed by atoms with E-state index in [0.717, 1.165) is 20.9 Å². The zero-order valence-electron chi connectivity index (χ0n) is 16.9. The molecular formula is C22H20INO6S. The number of imide groups is 1. The van der Waals surface area contributed by atoms with Crippen LogP contribution in [0.15, 0.2) is 47.4 Å². The predicted octanol–water partition coefficient (Wildman–Crippen LogP) is 4.48. The summed E-state index contributed by atoms with van der Waals surface area (Å²) in [6, 6.07) is 12.7. The first-order valence-electron chi connectivity index (χ1n) is 9.37. The summed E-state index contributed by atoms with van der Waals surface area (Å²) in [5, 5.41) is -0.308. The van der Waals surface area contributed by atoms with Crippen molar-refractivity contribution in [2.75, 3.05) is 20.3 Å². The average Bonchev–Trinajstić information content (AvgIpc) is 3.02. The van der Waals surface area contributed by atoms with E-state index in [-0.39, 0.29) is 24.3 Å². The lowest BCUT2D eigenvalue weighted by Crippen LogP contribution is -2.27. The monoisotopic (exact) mass is 553 g/mol. The van der Waals surface area contributed by atoms with Crippen molar-refractivity contribution in [2.45, 2.75) is 13.5 Å². The largest absolute Gasteiger partial charge is 0.490 e. The maximum absolute atomic E-state index is 12.8. The van der Waals surface area contributed by atoms with Crippen molar-refractivity contribution >= 4 is 57.5 Å². The summed E-state index contributed by atoms with van der Waals surface area (Å²) < 4.78 is 16.7.